The van der Waals surface area contributed by atoms with Crippen molar-refractivity contribution < 1.29 is 14.6 Å². The molecule has 2 N–H and O–H groups in total. The number of benzene rings is 1. The third kappa shape index (κ3) is 5.29. The van der Waals surface area contributed by atoms with Crippen molar-refractivity contribution in [1.29, 1.82) is 0 Å². The minimum absolute atomic E-state index is 0.117. The van der Waals surface area contributed by atoms with Gasteiger partial charge in [-0.3, -0.25) is 4.79 Å². The fourth-order valence-corrected chi connectivity index (χ4v) is 1.18. The van der Waals surface area contributed by atoms with Crippen molar-refractivity contribution in [3.8, 4) is 0 Å². The number of carbonyl (C=O) groups is 1. The number of nitrogens with one attached hydrogen (secondary N) is 1. The number of amides is 1. The zero-order valence-electron chi connectivity index (χ0n) is 9.80. The molecule has 0 aliphatic carbocycles. The van der Waals surface area contributed by atoms with E-state index in [1.807, 2.05) is 37.3 Å². The zero-order chi connectivity index (χ0) is 12.5. The van der Waals surface area contributed by atoms with Gasteiger partial charge in [0.2, 0.25) is 0 Å². The van der Waals surface area contributed by atoms with Crippen LogP contribution < -0.4 is 5.32 Å². The van der Waals surface area contributed by atoms with E-state index < -0.39 is 12.0 Å². The van der Waals surface area contributed by atoms with Crippen LogP contribution in [0.15, 0.2) is 36.4 Å². The molecule has 17 heavy (non-hydrogen) atoms. The molecular weight excluding hydrogens is 218 g/mol. The smallest absolute Gasteiger partial charge is 0.254 e. The molecule has 0 aliphatic rings. The molecule has 1 amide bonds. The maximum absolute atomic E-state index is 11.3. The molecular formula is C13H17NO3. The van der Waals surface area contributed by atoms with E-state index in [-0.39, 0.29) is 6.73 Å². The second-order valence-electron chi connectivity index (χ2n) is 3.39. The summed E-state index contributed by atoms with van der Waals surface area (Å²) in [6.45, 7) is 2.47. The van der Waals surface area contributed by atoms with Crippen molar-refractivity contribution in [2.75, 3.05) is 13.3 Å². The van der Waals surface area contributed by atoms with E-state index in [9.17, 15) is 9.90 Å². The first-order valence-corrected chi connectivity index (χ1v) is 5.51. The summed E-state index contributed by atoms with van der Waals surface area (Å²) in [6.07, 6.45) is 1.98. The molecule has 1 atom stereocenters. The van der Waals surface area contributed by atoms with E-state index in [1.165, 1.54) is 6.08 Å². The van der Waals surface area contributed by atoms with Gasteiger partial charge in [0.15, 0.2) is 6.10 Å². The average Bonchev–Trinajstić information content (AvgIpc) is 2.37. The molecule has 0 fully saturated rings. The van der Waals surface area contributed by atoms with Crippen LogP contribution in [0.5, 0.6) is 0 Å². The maximum atomic E-state index is 11.3. The molecule has 0 radical (unpaired) electrons. The number of rotatable bonds is 6. The molecule has 0 unspecified atom stereocenters. The van der Waals surface area contributed by atoms with Crippen LogP contribution in [0.4, 0.5) is 0 Å². The van der Waals surface area contributed by atoms with Gasteiger partial charge in [-0.25, -0.2) is 0 Å². The Labute approximate surface area is 101 Å². The van der Waals surface area contributed by atoms with Crippen LogP contribution in [-0.2, 0) is 9.53 Å². The lowest BCUT2D eigenvalue weighted by atomic mass is 10.2. The summed E-state index contributed by atoms with van der Waals surface area (Å²) in [5.41, 5.74) is 0.934. The summed E-state index contributed by atoms with van der Waals surface area (Å²) in [7, 11) is 0. The quantitative estimate of drug-likeness (QED) is 0.575. The first kappa shape index (κ1) is 13.4. The Hall–Kier alpha value is -1.65. The summed E-state index contributed by atoms with van der Waals surface area (Å²) in [4.78, 5) is 11.3. The van der Waals surface area contributed by atoms with Gasteiger partial charge in [0, 0.05) is 6.61 Å². The van der Waals surface area contributed by atoms with Crippen molar-refractivity contribution in [2.45, 2.75) is 13.0 Å². The maximum Gasteiger partial charge on any atom is 0.254 e. The largest absolute Gasteiger partial charge is 0.379 e. The van der Waals surface area contributed by atoms with Crippen molar-refractivity contribution in [3.63, 3.8) is 0 Å². The molecule has 0 aliphatic heterocycles. The van der Waals surface area contributed by atoms with E-state index in [1.54, 1.807) is 6.08 Å². The number of aliphatic hydroxyl groups is 1. The summed E-state index contributed by atoms with van der Waals surface area (Å²) in [5.74, 6) is -0.467. The van der Waals surface area contributed by atoms with Crippen molar-refractivity contribution in [1.82, 2.24) is 5.32 Å². The zero-order valence-corrected chi connectivity index (χ0v) is 9.80. The van der Waals surface area contributed by atoms with Crippen LogP contribution in [0.1, 0.15) is 12.5 Å². The third-order valence-electron chi connectivity index (χ3n) is 2.09. The fraction of sp³-hybridized carbons (Fsp3) is 0.308. The first-order valence-electron chi connectivity index (χ1n) is 5.51. The molecule has 1 aromatic rings. The first-order chi connectivity index (χ1) is 8.24. The van der Waals surface area contributed by atoms with E-state index in [0.29, 0.717) is 6.61 Å². The van der Waals surface area contributed by atoms with Crippen LogP contribution in [-0.4, -0.2) is 30.5 Å². The lowest BCUT2D eigenvalue weighted by molar-refractivity contribution is -0.128. The standard InChI is InChI=1S/C13H17NO3/c1-2-17-10-14-13(16)12(15)9-8-11-6-4-3-5-7-11/h3-9,12,15H,2,10H2,1H3,(H,14,16)/b9-8+/t12-/m1/s1. The highest BCUT2D eigenvalue weighted by molar-refractivity contribution is 5.83. The van der Waals surface area contributed by atoms with Crippen LogP contribution in [0.2, 0.25) is 0 Å². The van der Waals surface area contributed by atoms with Crippen LogP contribution in [0, 0.1) is 0 Å². The van der Waals surface area contributed by atoms with Gasteiger partial charge in [0.1, 0.15) is 6.73 Å². The topological polar surface area (TPSA) is 58.6 Å². The average molecular weight is 235 g/mol. The molecule has 4 heteroatoms. The highest BCUT2D eigenvalue weighted by Crippen LogP contribution is 2.02. The van der Waals surface area contributed by atoms with E-state index in [0.717, 1.165) is 5.56 Å². The summed E-state index contributed by atoms with van der Waals surface area (Å²) in [6, 6.07) is 9.47. The SMILES string of the molecule is CCOCNC(=O)[C@H](O)/C=C/c1ccccc1. The summed E-state index contributed by atoms with van der Waals surface area (Å²) < 4.78 is 4.95. The van der Waals surface area contributed by atoms with Gasteiger partial charge in [-0.1, -0.05) is 36.4 Å². The molecule has 92 valence electrons. The molecule has 4 nitrogen and oxygen atoms in total. The van der Waals surface area contributed by atoms with Gasteiger partial charge in [0.05, 0.1) is 0 Å². The van der Waals surface area contributed by atoms with E-state index in [2.05, 4.69) is 5.32 Å². The molecule has 1 rings (SSSR count). The van der Waals surface area contributed by atoms with Gasteiger partial charge in [-0.05, 0) is 18.6 Å². The molecule has 0 spiro atoms. The number of carbonyl (C=O) groups excluding carboxylic acids is 1. The number of aliphatic hydroxyl groups excluding tert-OH is 1. The minimum Gasteiger partial charge on any atom is -0.379 e. The van der Waals surface area contributed by atoms with Crippen LogP contribution in [0.3, 0.4) is 0 Å². The number of hydrogen-bond acceptors (Lipinski definition) is 3. The highest BCUT2D eigenvalue weighted by Gasteiger charge is 2.09. The highest BCUT2D eigenvalue weighted by atomic mass is 16.5. The molecule has 0 heterocycles. The lowest BCUT2D eigenvalue weighted by Gasteiger charge is -2.07. The van der Waals surface area contributed by atoms with Crippen molar-refractivity contribution >= 4 is 12.0 Å². The Balaban J connectivity index is 2.40. The molecule has 0 saturated heterocycles. The van der Waals surface area contributed by atoms with E-state index >= 15 is 0 Å². The van der Waals surface area contributed by atoms with Gasteiger partial charge >= 0.3 is 0 Å². The Morgan fingerprint density at radius 1 is 1.47 bits per heavy atom. The Kier molecular flexibility index (Phi) is 5.99. The lowest BCUT2D eigenvalue weighted by Crippen LogP contribution is -2.34. The van der Waals surface area contributed by atoms with Crippen LogP contribution in [0.25, 0.3) is 6.08 Å². The number of hydrogen-bond donors (Lipinski definition) is 2. The second-order valence-corrected chi connectivity index (χ2v) is 3.39. The fourth-order valence-electron chi connectivity index (χ4n) is 1.18. The van der Waals surface area contributed by atoms with Crippen molar-refractivity contribution in [2.24, 2.45) is 0 Å². The molecule has 0 bridgehead atoms. The van der Waals surface area contributed by atoms with Crippen molar-refractivity contribution in [3.05, 3.63) is 42.0 Å². The van der Waals surface area contributed by atoms with Gasteiger partial charge < -0.3 is 15.2 Å². The monoisotopic (exact) mass is 235 g/mol. The second kappa shape index (κ2) is 7.60. The van der Waals surface area contributed by atoms with Gasteiger partial charge in [-0.15, -0.1) is 0 Å². The third-order valence-corrected chi connectivity index (χ3v) is 2.09. The molecule has 0 saturated carbocycles. The van der Waals surface area contributed by atoms with E-state index in [4.69, 9.17) is 4.74 Å². The normalized spacial score (nSPS) is 12.6. The Morgan fingerprint density at radius 3 is 2.82 bits per heavy atom. The van der Waals surface area contributed by atoms with Crippen LogP contribution >= 0.6 is 0 Å². The summed E-state index contributed by atoms with van der Waals surface area (Å²) in [5, 5.41) is 12.0. The van der Waals surface area contributed by atoms with Gasteiger partial charge in [0.25, 0.3) is 5.91 Å². The Morgan fingerprint density at radius 2 is 2.18 bits per heavy atom. The summed E-state index contributed by atoms with van der Waals surface area (Å²) >= 11 is 0. The molecule has 0 aromatic heterocycles. The predicted octanol–water partition coefficient (Wildman–Crippen LogP) is 1.17. The minimum atomic E-state index is -1.16. The molecule has 1 aromatic carbocycles. The number of ether oxygens (including phenoxy) is 1. The van der Waals surface area contributed by atoms with Gasteiger partial charge in [-0.2, -0.15) is 0 Å². The Bertz CT molecular complexity index is 362. The predicted molar refractivity (Wildman–Crippen MR) is 66.1 cm³/mol.